The highest BCUT2D eigenvalue weighted by atomic mass is 15.0. The quantitative estimate of drug-likeness (QED) is 0.199. The van der Waals surface area contributed by atoms with Gasteiger partial charge in [-0.3, -0.25) is 0 Å². The molecular weight excluding hydrogens is 585 g/mol. The van der Waals surface area contributed by atoms with E-state index in [1.165, 1.54) is 16.3 Å². The molecule has 0 aliphatic rings. The van der Waals surface area contributed by atoms with Crippen LogP contribution in [0.5, 0.6) is 0 Å². The Morgan fingerprint density at radius 1 is 0.417 bits per heavy atom. The molecule has 0 aliphatic heterocycles. The molecule has 2 heterocycles. The second-order valence-corrected chi connectivity index (χ2v) is 12.0. The van der Waals surface area contributed by atoms with E-state index < -0.39 is 0 Å². The van der Waals surface area contributed by atoms with Gasteiger partial charge in [0.25, 0.3) is 0 Å². The predicted molar refractivity (Wildman–Crippen MR) is 195 cm³/mol. The largest absolute Gasteiger partial charge is 0.309 e. The van der Waals surface area contributed by atoms with Crippen LogP contribution < -0.4 is 0 Å². The molecule has 0 atom stereocenters. The molecule has 0 aliphatic carbocycles. The molecule has 0 unspecified atom stereocenters. The number of benzene rings is 7. The highest BCUT2D eigenvalue weighted by molar-refractivity contribution is 6.17. The van der Waals surface area contributed by atoms with Crippen molar-refractivity contribution in [3.05, 3.63) is 169 Å². The topological polar surface area (TPSA) is 57.4 Å². The molecule has 4 heteroatoms. The number of rotatable bonds is 4. The summed E-state index contributed by atoms with van der Waals surface area (Å²) in [5.41, 5.74) is 11.0. The zero-order chi connectivity index (χ0) is 32.2. The third kappa shape index (κ3) is 4.07. The maximum absolute atomic E-state index is 10.6. The minimum Gasteiger partial charge on any atom is -0.309 e. The fourth-order valence-electron chi connectivity index (χ4n) is 7.35. The monoisotopic (exact) mass is 610 g/mol. The predicted octanol–water partition coefficient (Wildman–Crippen LogP) is 11.0. The first-order valence-corrected chi connectivity index (χ1v) is 15.9. The fraction of sp³-hybridized carbons (Fsp3) is 0. The Morgan fingerprint density at radius 2 is 1.06 bits per heavy atom. The van der Waals surface area contributed by atoms with Gasteiger partial charge in [0.15, 0.2) is 0 Å². The molecule has 48 heavy (non-hydrogen) atoms. The van der Waals surface area contributed by atoms with Crippen LogP contribution in [0.15, 0.2) is 158 Å². The van der Waals surface area contributed by atoms with Gasteiger partial charge in [-0.1, -0.05) is 103 Å². The lowest BCUT2D eigenvalue weighted by molar-refractivity contribution is 1.16. The van der Waals surface area contributed by atoms with Gasteiger partial charge in [0.2, 0.25) is 0 Å². The van der Waals surface area contributed by atoms with Crippen LogP contribution in [0.4, 0.5) is 0 Å². The van der Waals surface area contributed by atoms with Crippen LogP contribution in [0.3, 0.4) is 0 Å². The third-order valence-corrected chi connectivity index (χ3v) is 9.38. The van der Waals surface area contributed by atoms with Crippen molar-refractivity contribution in [2.24, 2.45) is 0 Å². The molecule has 0 fully saturated rings. The third-order valence-electron chi connectivity index (χ3n) is 9.38. The zero-order valence-corrected chi connectivity index (χ0v) is 25.8. The van der Waals surface area contributed by atoms with Gasteiger partial charge >= 0.3 is 0 Å². The summed E-state index contributed by atoms with van der Waals surface area (Å²) in [6, 6.07) is 58.9. The second kappa shape index (κ2) is 10.9. The molecule has 0 saturated heterocycles. The van der Waals surface area contributed by atoms with E-state index in [0.717, 1.165) is 55.3 Å². The van der Waals surface area contributed by atoms with Gasteiger partial charge in [-0.05, 0) is 71.3 Å². The van der Waals surface area contributed by atoms with Gasteiger partial charge in [-0.15, -0.1) is 0 Å². The van der Waals surface area contributed by atoms with E-state index >= 15 is 0 Å². The SMILES string of the molecule is N#Cc1cc(-c2ccccc2)c(C#N)c(-n2c3ccccc3c3c(-c4ccc5c(c4)c4ccccc4n5-c4ccccc4)cccc32)c1. The highest BCUT2D eigenvalue weighted by Crippen LogP contribution is 2.42. The Balaban J connectivity index is 1.34. The van der Waals surface area contributed by atoms with E-state index in [1.54, 1.807) is 0 Å². The van der Waals surface area contributed by atoms with Crippen molar-refractivity contribution in [2.75, 3.05) is 0 Å². The van der Waals surface area contributed by atoms with E-state index in [1.807, 2.05) is 54.6 Å². The molecule has 0 saturated carbocycles. The van der Waals surface area contributed by atoms with Crippen LogP contribution in [-0.2, 0) is 0 Å². The van der Waals surface area contributed by atoms with Crippen molar-refractivity contribution in [2.45, 2.75) is 0 Å². The number of nitriles is 2. The summed E-state index contributed by atoms with van der Waals surface area (Å²) >= 11 is 0. The standard InChI is InChI=1S/C44H26N4/c45-27-29-24-36(30-12-3-1-4-13-30)38(28-46)43(25-29)48-40-20-10-8-17-35(40)44-33(18-11-21-42(44)48)31-22-23-41-37(26-31)34-16-7-9-19-39(34)47(41)32-14-5-2-6-15-32/h1-26H. The molecule has 0 radical (unpaired) electrons. The zero-order valence-electron chi connectivity index (χ0n) is 25.8. The number of hydrogen-bond donors (Lipinski definition) is 0. The maximum atomic E-state index is 10.6. The first-order valence-electron chi connectivity index (χ1n) is 15.9. The Hall–Kier alpha value is -6.88. The van der Waals surface area contributed by atoms with Crippen molar-refractivity contribution in [3.8, 4) is 45.8 Å². The molecule has 4 nitrogen and oxygen atoms in total. The first-order chi connectivity index (χ1) is 23.7. The Morgan fingerprint density at radius 3 is 1.81 bits per heavy atom. The average molecular weight is 611 g/mol. The number of aromatic nitrogens is 2. The van der Waals surface area contributed by atoms with Crippen molar-refractivity contribution in [1.29, 1.82) is 10.5 Å². The van der Waals surface area contributed by atoms with Crippen LogP contribution in [0.25, 0.3) is 77.2 Å². The molecule has 0 amide bonds. The van der Waals surface area contributed by atoms with Crippen LogP contribution in [0, 0.1) is 22.7 Å². The Labute approximate surface area is 277 Å². The lowest BCUT2D eigenvalue weighted by Gasteiger charge is -2.15. The van der Waals surface area contributed by atoms with Crippen molar-refractivity contribution >= 4 is 43.6 Å². The molecule has 9 rings (SSSR count). The highest BCUT2D eigenvalue weighted by Gasteiger charge is 2.21. The van der Waals surface area contributed by atoms with Crippen LogP contribution in [0.1, 0.15) is 11.1 Å². The van der Waals surface area contributed by atoms with Crippen molar-refractivity contribution in [1.82, 2.24) is 9.13 Å². The normalized spacial score (nSPS) is 11.3. The average Bonchev–Trinajstić information content (AvgIpc) is 3.67. The number of para-hydroxylation sites is 3. The van der Waals surface area contributed by atoms with E-state index in [-0.39, 0.29) is 0 Å². The maximum Gasteiger partial charge on any atom is 0.102 e. The lowest BCUT2D eigenvalue weighted by atomic mass is 9.96. The Bertz CT molecular complexity index is 2790. The molecule has 0 N–H and O–H groups in total. The summed E-state index contributed by atoms with van der Waals surface area (Å²) in [5, 5.41) is 25.3. The smallest absolute Gasteiger partial charge is 0.102 e. The summed E-state index contributed by atoms with van der Waals surface area (Å²) in [5.74, 6) is 0. The summed E-state index contributed by atoms with van der Waals surface area (Å²) in [7, 11) is 0. The summed E-state index contributed by atoms with van der Waals surface area (Å²) in [6.45, 7) is 0. The molecule has 0 bridgehead atoms. The van der Waals surface area contributed by atoms with Crippen LogP contribution in [-0.4, -0.2) is 9.13 Å². The summed E-state index contributed by atoms with van der Waals surface area (Å²) < 4.78 is 4.48. The van der Waals surface area contributed by atoms with Gasteiger partial charge in [0, 0.05) is 32.8 Å². The number of fused-ring (bicyclic) bond motifs is 6. The second-order valence-electron chi connectivity index (χ2n) is 12.0. The van der Waals surface area contributed by atoms with Gasteiger partial charge in [-0.2, -0.15) is 10.5 Å². The van der Waals surface area contributed by atoms with Crippen molar-refractivity contribution in [3.63, 3.8) is 0 Å². The lowest BCUT2D eigenvalue weighted by Crippen LogP contribution is -2.01. The van der Waals surface area contributed by atoms with Gasteiger partial charge in [-0.25, -0.2) is 0 Å². The Kier molecular flexibility index (Phi) is 6.22. The van der Waals surface area contributed by atoms with Crippen LogP contribution in [0.2, 0.25) is 0 Å². The molecule has 222 valence electrons. The molecule has 9 aromatic rings. The van der Waals surface area contributed by atoms with Gasteiger partial charge < -0.3 is 9.13 Å². The minimum atomic E-state index is 0.505. The van der Waals surface area contributed by atoms with Gasteiger partial charge in [0.1, 0.15) is 6.07 Å². The minimum absolute atomic E-state index is 0.505. The number of hydrogen-bond acceptors (Lipinski definition) is 2. The van der Waals surface area contributed by atoms with Gasteiger partial charge in [0.05, 0.1) is 45.0 Å². The molecular formula is C44H26N4. The molecule has 2 aromatic heterocycles. The molecule has 7 aromatic carbocycles. The van der Waals surface area contributed by atoms with E-state index in [2.05, 4.69) is 124 Å². The summed E-state index contributed by atoms with van der Waals surface area (Å²) in [6.07, 6.45) is 0. The first kappa shape index (κ1) is 27.4. The van der Waals surface area contributed by atoms with E-state index in [9.17, 15) is 10.5 Å². The fourth-order valence-corrected chi connectivity index (χ4v) is 7.35. The summed E-state index contributed by atoms with van der Waals surface area (Å²) in [4.78, 5) is 0. The van der Waals surface area contributed by atoms with Crippen LogP contribution >= 0.6 is 0 Å². The van der Waals surface area contributed by atoms with E-state index in [0.29, 0.717) is 16.8 Å². The molecule has 0 spiro atoms. The number of nitrogens with zero attached hydrogens (tertiary/aromatic N) is 4. The van der Waals surface area contributed by atoms with Crippen molar-refractivity contribution < 1.29 is 0 Å². The van der Waals surface area contributed by atoms with E-state index in [4.69, 9.17) is 0 Å².